The number of carbonyl (C=O) groups excluding carboxylic acids is 2. The predicted octanol–water partition coefficient (Wildman–Crippen LogP) is 2.64. The predicted molar refractivity (Wildman–Crippen MR) is 125 cm³/mol. The van der Waals surface area contributed by atoms with Gasteiger partial charge in [-0.05, 0) is 49.1 Å². The normalized spacial score (nSPS) is 12.6. The van der Waals surface area contributed by atoms with Gasteiger partial charge in [-0.25, -0.2) is 14.0 Å². The standard InChI is InChI=1S/C23H26FN3O7S/c1-11(2)7-13(21(30)27-16(22(31)32)10-19(28)29)8-14-4-6-18(35-14)23(33)34-17-5-3-12(20(25)26)9-15(17)24/h3-6,9,11,13,16H,7-8,10H2,1-2H3,(H3,25,26)(H,27,30)(H,28,29)(H,31,32). The first-order chi connectivity index (χ1) is 16.4. The first-order valence-electron chi connectivity index (χ1n) is 10.6. The summed E-state index contributed by atoms with van der Waals surface area (Å²) in [6, 6.07) is 5.04. The first-order valence-corrected chi connectivity index (χ1v) is 11.4. The number of hydrogen-bond acceptors (Lipinski definition) is 7. The average molecular weight is 508 g/mol. The van der Waals surface area contributed by atoms with Crippen molar-refractivity contribution >= 4 is 41.0 Å². The van der Waals surface area contributed by atoms with Gasteiger partial charge in [-0.3, -0.25) is 15.0 Å². The van der Waals surface area contributed by atoms with Crippen LogP contribution >= 0.6 is 11.3 Å². The Morgan fingerprint density at radius 1 is 1.17 bits per heavy atom. The Balaban J connectivity index is 2.12. The largest absolute Gasteiger partial charge is 0.481 e. The Morgan fingerprint density at radius 3 is 2.40 bits per heavy atom. The monoisotopic (exact) mass is 507 g/mol. The van der Waals surface area contributed by atoms with Gasteiger partial charge in [-0.15, -0.1) is 11.3 Å². The lowest BCUT2D eigenvalue weighted by Gasteiger charge is -2.20. The van der Waals surface area contributed by atoms with Crippen LogP contribution in [0.1, 0.15) is 46.8 Å². The van der Waals surface area contributed by atoms with Gasteiger partial charge < -0.3 is 26.0 Å². The third-order valence-electron chi connectivity index (χ3n) is 4.88. The van der Waals surface area contributed by atoms with Gasteiger partial charge in [0, 0.05) is 16.4 Å². The zero-order chi connectivity index (χ0) is 26.3. The summed E-state index contributed by atoms with van der Waals surface area (Å²) < 4.78 is 19.3. The molecule has 12 heteroatoms. The molecule has 2 rings (SSSR count). The maximum atomic E-state index is 14.2. The fraction of sp³-hybridized carbons (Fsp3) is 0.348. The lowest BCUT2D eigenvalue weighted by Crippen LogP contribution is -2.45. The molecular formula is C23H26FN3O7S. The van der Waals surface area contributed by atoms with Crippen LogP contribution in [0.5, 0.6) is 5.75 Å². The molecule has 10 nitrogen and oxygen atoms in total. The SMILES string of the molecule is CC(C)CC(Cc1ccc(C(=O)Oc2ccc(C(=N)N)cc2F)s1)C(=O)NC(CC(=O)O)C(=O)O. The molecule has 0 aliphatic carbocycles. The molecular weight excluding hydrogens is 481 g/mol. The van der Waals surface area contributed by atoms with Crippen LogP contribution in [0, 0.1) is 23.1 Å². The minimum absolute atomic E-state index is 0.0823. The molecule has 35 heavy (non-hydrogen) atoms. The number of carbonyl (C=O) groups is 4. The van der Waals surface area contributed by atoms with Gasteiger partial charge >= 0.3 is 17.9 Å². The number of nitrogens with two attached hydrogens (primary N) is 1. The second-order valence-electron chi connectivity index (χ2n) is 8.24. The molecule has 0 radical (unpaired) electrons. The highest BCUT2D eigenvalue weighted by molar-refractivity contribution is 7.13. The molecule has 1 aromatic carbocycles. The number of amides is 1. The molecule has 0 aliphatic rings. The third-order valence-corrected chi connectivity index (χ3v) is 5.96. The average Bonchev–Trinajstić information content (AvgIpc) is 3.22. The Kier molecular flexibility index (Phi) is 9.46. The van der Waals surface area contributed by atoms with E-state index in [9.17, 15) is 28.7 Å². The van der Waals surface area contributed by atoms with Crippen LogP contribution in [0.25, 0.3) is 0 Å². The summed E-state index contributed by atoms with van der Waals surface area (Å²) >= 11 is 1.04. The summed E-state index contributed by atoms with van der Waals surface area (Å²) in [6.07, 6.45) is -0.173. The maximum Gasteiger partial charge on any atom is 0.353 e. The molecule has 0 aliphatic heterocycles. The molecule has 6 N–H and O–H groups in total. The molecule has 0 bridgehead atoms. The van der Waals surface area contributed by atoms with Crippen molar-refractivity contribution in [1.82, 2.24) is 5.32 Å². The number of esters is 1. The van der Waals surface area contributed by atoms with Gasteiger partial charge in [-0.2, -0.15) is 0 Å². The number of halogens is 1. The summed E-state index contributed by atoms with van der Waals surface area (Å²) in [4.78, 5) is 48.2. The molecule has 0 saturated carbocycles. The molecule has 2 atom stereocenters. The number of amidine groups is 1. The van der Waals surface area contributed by atoms with Crippen molar-refractivity contribution in [3.63, 3.8) is 0 Å². The van der Waals surface area contributed by atoms with Gasteiger partial charge in [-0.1, -0.05) is 13.8 Å². The summed E-state index contributed by atoms with van der Waals surface area (Å²) in [5.41, 5.74) is 5.45. The third kappa shape index (κ3) is 8.18. The molecule has 1 amide bonds. The number of carboxylic acids is 2. The number of rotatable bonds is 12. The van der Waals surface area contributed by atoms with E-state index in [2.05, 4.69) is 5.32 Å². The Hall–Kier alpha value is -3.80. The molecule has 2 unspecified atom stereocenters. The topological polar surface area (TPSA) is 180 Å². The Bertz CT molecular complexity index is 1130. The van der Waals surface area contributed by atoms with Crippen molar-refractivity contribution in [2.45, 2.75) is 39.2 Å². The van der Waals surface area contributed by atoms with Crippen molar-refractivity contribution in [3.05, 3.63) is 51.5 Å². The second-order valence-corrected chi connectivity index (χ2v) is 9.41. The van der Waals surface area contributed by atoms with Crippen molar-refractivity contribution in [2.75, 3.05) is 0 Å². The molecule has 2 aromatic rings. The van der Waals surface area contributed by atoms with Gasteiger partial charge in [0.05, 0.1) is 6.42 Å². The Morgan fingerprint density at radius 2 is 1.86 bits per heavy atom. The number of nitrogen functional groups attached to an aromatic ring is 1. The van der Waals surface area contributed by atoms with E-state index in [1.807, 2.05) is 13.8 Å². The van der Waals surface area contributed by atoms with E-state index < -0.39 is 48.0 Å². The zero-order valence-corrected chi connectivity index (χ0v) is 19.9. The summed E-state index contributed by atoms with van der Waals surface area (Å²) in [5.74, 6) is -6.31. The summed E-state index contributed by atoms with van der Waals surface area (Å²) in [5, 5.41) is 27.7. The van der Waals surface area contributed by atoms with E-state index in [4.69, 9.17) is 21.0 Å². The highest BCUT2D eigenvalue weighted by Gasteiger charge is 2.28. The second kappa shape index (κ2) is 12.1. The minimum Gasteiger partial charge on any atom is -0.481 e. The fourth-order valence-corrected chi connectivity index (χ4v) is 4.22. The molecule has 0 fully saturated rings. The molecule has 188 valence electrons. The number of aliphatic carboxylic acids is 2. The lowest BCUT2D eigenvalue weighted by molar-refractivity contribution is -0.147. The fourth-order valence-electron chi connectivity index (χ4n) is 3.26. The van der Waals surface area contributed by atoms with Gasteiger partial charge in [0.1, 0.15) is 16.8 Å². The quantitative estimate of drug-likeness (QED) is 0.126. The van der Waals surface area contributed by atoms with E-state index in [0.29, 0.717) is 11.3 Å². The lowest BCUT2D eigenvalue weighted by atomic mass is 9.92. The molecule has 0 spiro atoms. The van der Waals surface area contributed by atoms with Crippen molar-refractivity contribution < 1.29 is 38.5 Å². The highest BCUT2D eigenvalue weighted by atomic mass is 32.1. The van der Waals surface area contributed by atoms with Gasteiger partial charge in [0.25, 0.3) is 0 Å². The smallest absolute Gasteiger partial charge is 0.353 e. The number of nitrogens with one attached hydrogen (secondary N) is 2. The number of hydrogen-bond donors (Lipinski definition) is 5. The number of benzene rings is 1. The van der Waals surface area contributed by atoms with E-state index in [1.165, 1.54) is 18.2 Å². The van der Waals surface area contributed by atoms with Gasteiger partial charge in [0.2, 0.25) is 5.91 Å². The molecule has 0 saturated heterocycles. The maximum absolute atomic E-state index is 14.2. The van der Waals surface area contributed by atoms with E-state index in [1.54, 1.807) is 6.07 Å². The summed E-state index contributed by atoms with van der Waals surface area (Å²) in [7, 11) is 0. The van der Waals surface area contributed by atoms with Crippen LogP contribution < -0.4 is 15.8 Å². The Labute approximate surface area is 204 Å². The van der Waals surface area contributed by atoms with E-state index in [0.717, 1.165) is 17.4 Å². The van der Waals surface area contributed by atoms with Gasteiger partial charge in [0.15, 0.2) is 11.6 Å². The van der Waals surface area contributed by atoms with Crippen LogP contribution in [0.2, 0.25) is 0 Å². The number of carboxylic acid groups (broad SMARTS) is 2. The van der Waals surface area contributed by atoms with Crippen LogP contribution in [-0.2, 0) is 20.8 Å². The number of ether oxygens (including phenoxy) is 1. The van der Waals surface area contributed by atoms with Crippen LogP contribution in [0.3, 0.4) is 0 Å². The minimum atomic E-state index is -1.56. The van der Waals surface area contributed by atoms with Crippen LogP contribution in [0.4, 0.5) is 4.39 Å². The van der Waals surface area contributed by atoms with Crippen molar-refractivity contribution in [2.24, 2.45) is 17.6 Å². The van der Waals surface area contributed by atoms with Crippen molar-refractivity contribution in [1.29, 1.82) is 5.41 Å². The van der Waals surface area contributed by atoms with Crippen LogP contribution in [0.15, 0.2) is 30.3 Å². The van der Waals surface area contributed by atoms with Crippen LogP contribution in [-0.4, -0.2) is 45.9 Å². The summed E-state index contributed by atoms with van der Waals surface area (Å²) in [6.45, 7) is 3.77. The molecule has 1 aromatic heterocycles. The highest BCUT2D eigenvalue weighted by Crippen LogP contribution is 2.26. The molecule has 1 heterocycles. The first kappa shape index (κ1) is 27.4. The van der Waals surface area contributed by atoms with E-state index in [-0.39, 0.29) is 34.4 Å². The number of thiophene rings is 1. The van der Waals surface area contributed by atoms with E-state index >= 15 is 0 Å². The van der Waals surface area contributed by atoms with Crippen molar-refractivity contribution in [3.8, 4) is 5.75 Å². The zero-order valence-electron chi connectivity index (χ0n) is 19.0.